The van der Waals surface area contributed by atoms with Crippen molar-refractivity contribution in [3.05, 3.63) is 11.5 Å². The molecule has 3 atom stereocenters. The van der Waals surface area contributed by atoms with E-state index in [1.54, 1.807) is 0 Å². The maximum absolute atomic E-state index is 11.7. The highest BCUT2D eigenvalue weighted by molar-refractivity contribution is 6.64. The molecule has 0 aromatic rings. The second kappa shape index (κ2) is 6.42. The van der Waals surface area contributed by atoms with Crippen LogP contribution < -0.4 is 0 Å². The Morgan fingerprint density at radius 2 is 1.82 bits per heavy atom. The van der Waals surface area contributed by atoms with Crippen LogP contribution in [-0.2, 0) is 42.9 Å². The van der Waals surface area contributed by atoms with Crippen LogP contribution >= 0.6 is 11.6 Å². The fourth-order valence-corrected chi connectivity index (χ4v) is 2.00. The molecule has 0 bridgehead atoms. The van der Waals surface area contributed by atoms with Crippen molar-refractivity contribution in [1.29, 1.82) is 0 Å². The van der Waals surface area contributed by atoms with Crippen LogP contribution in [0, 0.1) is 0 Å². The molecule has 0 aromatic carbocycles. The Kier molecular flexibility index (Phi) is 4.79. The molecular weight excluding hydrogens is 324 g/mol. The van der Waals surface area contributed by atoms with Crippen molar-refractivity contribution >= 4 is 34.8 Å². The first-order valence-electron chi connectivity index (χ1n) is 6.08. The van der Waals surface area contributed by atoms with E-state index in [4.69, 9.17) is 35.3 Å². The number of hydrogen-bond donors (Lipinski definition) is 0. The summed E-state index contributed by atoms with van der Waals surface area (Å²) < 4.78 is 24.7. The summed E-state index contributed by atoms with van der Waals surface area (Å²) in [7, 11) is 0. The van der Waals surface area contributed by atoms with Gasteiger partial charge in [-0.1, -0.05) is 0 Å². The van der Waals surface area contributed by atoms with Gasteiger partial charge in [-0.15, -0.1) is 0 Å². The third-order valence-electron chi connectivity index (χ3n) is 2.63. The number of carbonyl (C=O) groups excluding carboxylic acids is 4. The summed E-state index contributed by atoms with van der Waals surface area (Å²) in [5.74, 6) is -3.41. The SMILES string of the molecule is CC(=O)OC1=C(OC(C)=O)C([C@@H]2COC(C(=O)Cl)O2)OC1=O. The lowest BCUT2D eigenvalue weighted by atomic mass is 10.2. The average Bonchev–Trinajstić information content (AvgIpc) is 2.97. The van der Waals surface area contributed by atoms with Crippen molar-refractivity contribution in [2.45, 2.75) is 32.3 Å². The first kappa shape index (κ1) is 16.4. The molecule has 0 spiro atoms. The topological polar surface area (TPSA) is 114 Å². The summed E-state index contributed by atoms with van der Waals surface area (Å²) in [5, 5.41) is -0.884. The number of rotatable bonds is 4. The number of cyclic esters (lactones) is 1. The Morgan fingerprint density at radius 1 is 1.18 bits per heavy atom. The van der Waals surface area contributed by atoms with Gasteiger partial charge in [-0.25, -0.2) is 4.79 Å². The molecule has 120 valence electrons. The van der Waals surface area contributed by atoms with Crippen LogP contribution in [0.2, 0.25) is 0 Å². The summed E-state index contributed by atoms with van der Waals surface area (Å²) in [6, 6.07) is 0. The van der Waals surface area contributed by atoms with Gasteiger partial charge in [0.25, 0.3) is 11.0 Å². The summed E-state index contributed by atoms with van der Waals surface area (Å²) >= 11 is 5.24. The lowest BCUT2D eigenvalue weighted by Gasteiger charge is -2.17. The number of halogens is 1. The second-order valence-electron chi connectivity index (χ2n) is 4.35. The molecular formula is C12H11ClO9. The van der Waals surface area contributed by atoms with Gasteiger partial charge >= 0.3 is 17.9 Å². The van der Waals surface area contributed by atoms with Gasteiger partial charge in [0.1, 0.15) is 6.10 Å². The van der Waals surface area contributed by atoms with E-state index in [-0.39, 0.29) is 12.4 Å². The van der Waals surface area contributed by atoms with E-state index < -0.39 is 47.4 Å². The van der Waals surface area contributed by atoms with Gasteiger partial charge < -0.3 is 23.7 Å². The molecule has 0 N–H and O–H groups in total. The van der Waals surface area contributed by atoms with Crippen LogP contribution in [0.4, 0.5) is 0 Å². The Hall–Kier alpha value is -1.97. The van der Waals surface area contributed by atoms with E-state index in [1.165, 1.54) is 0 Å². The molecule has 0 radical (unpaired) electrons. The van der Waals surface area contributed by atoms with E-state index in [1.807, 2.05) is 0 Å². The normalized spacial score (nSPS) is 27.6. The monoisotopic (exact) mass is 334 g/mol. The molecule has 22 heavy (non-hydrogen) atoms. The minimum Gasteiger partial charge on any atom is -0.445 e. The van der Waals surface area contributed by atoms with E-state index in [0.717, 1.165) is 13.8 Å². The predicted molar refractivity (Wildman–Crippen MR) is 65.9 cm³/mol. The molecule has 0 aliphatic carbocycles. The van der Waals surface area contributed by atoms with Crippen molar-refractivity contribution in [2.24, 2.45) is 0 Å². The van der Waals surface area contributed by atoms with Crippen LogP contribution in [-0.4, -0.2) is 48.3 Å². The van der Waals surface area contributed by atoms with Crippen LogP contribution in [0.1, 0.15) is 13.8 Å². The van der Waals surface area contributed by atoms with E-state index in [0.29, 0.717) is 0 Å². The third kappa shape index (κ3) is 3.43. The highest BCUT2D eigenvalue weighted by Crippen LogP contribution is 2.31. The Balaban J connectivity index is 2.25. The van der Waals surface area contributed by atoms with Crippen LogP contribution in [0.25, 0.3) is 0 Å². The third-order valence-corrected chi connectivity index (χ3v) is 2.81. The largest absolute Gasteiger partial charge is 0.445 e. The zero-order chi connectivity index (χ0) is 16.4. The second-order valence-corrected chi connectivity index (χ2v) is 4.72. The van der Waals surface area contributed by atoms with Gasteiger partial charge in [0, 0.05) is 13.8 Å². The van der Waals surface area contributed by atoms with Crippen molar-refractivity contribution in [1.82, 2.24) is 0 Å². The minimum atomic E-state index is -1.32. The zero-order valence-electron chi connectivity index (χ0n) is 11.5. The summed E-state index contributed by atoms with van der Waals surface area (Å²) in [6.07, 6.45) is -3.47. The van der Waals surface area contributed by atoms with Gasteiger partial charge in [-0.2, -0.15) is 0 Å². The Morgan fingerprint density at radius 3 is 2.32 bits per heavy atom. The molecule has 2 heterocycles. The fraction of sp³-hybridized carbons (Fsp3) is 0.500. The number of esters is 3. The highest BCUT2D eigenvalue weighted by Gasteiger charge is 2.48. The van der Waals surface area contributed by atoms with E-state index >= 15 is 0 Å². The minimum absolute atomic E-state index is 0.140. The van der Waals surface area contributed by atoms with Gasteiger partial charge in [0.05, 0.1) is 6.61 Å². The lowest BCUT2D eigenvalue weighted by Crippen LogP contribution is -2.33. The van der Waals surface area contributed by atoms with Gasteiger partial charge in [0.15, 0.2) is 6.10 Å². The molecule has 2 aliphatic heterocycles. The molecule has 2 aliphatic rings. The highest BCUT2D eigenvalue weighted by atomic mass is 35.5. The lowest BCUT2D eigenvalue weighted by molar-refractivity contribution is -0.155. The fourth-order valence-electron chi connectivity index (χ4n) is 1.89. The molecule has 1 saturated heterocycles. The average molecular weight is 335 g/mol. The van der Waals surface area contributed by atoms with Crippen molar-refractivity contribution < 1.29 is 42.9 Å². The summed E-state index contributed by atoms with van der Waals surface area (Å²) in [4.78, 5) is 44.9. The van der Waals surface area contributed by atoms with E-state index in [2.05, 4.69) is 0 Å². The first-order valence-corrected chi connectivity index (χ1v) is 6.45. The molecule has 2 rings (SSSR count). The summed E-state index contributed by atoms with van der Waals surface area (Å²) in [6.45, 7) is 2.02. The molecule has 0 amide bonds. The zero-order valence-corrected chi connectivity index (χ0v) is 12.2. The molecule has 10 heteroatoms. The maximum Gasteiger partial charge on any atom is 0.378 e. The first-order chi connectivity index (χ1) is 10.3. The van der Waals surface area contributed by atoms with Crippen LogP contribution in [0.15, 0.2) is 11.5 Å². The van der Waals surface area contributed by atoms with E-state index in [9.17, 15) is 19.2 Å². The van der Waals surface area contributed by atoms with Crippen molar-refractivity contribution in [3.8, 4) is 0 Å². The Labute approximate surface area is 129 Å². The van der Waals surface area contributed by atoms with Crippen LogP contribution in [0.5, 0.6) is 0 Å². The smallest absolute Gasteiger partial charge is 0.378 e. The van der Waals surface area contributed by atoms with Gasteiger partial charge in [0.2, 0.25) is 12.0 Å². The quantitative estimate of drug-likeness (QED) is 0.390. The van der Waals surface area contributed by atoms with Crippen molar-refractivity contribution in [2.75, 3.05) is 6.61 Å². The number of carbonyl (C=O) groups is 4. The van der Waals surface area contributed by atoms with Gasteiger partial charge in [-0.3, -0.25) is 14.4 Å². The molecule has 0 aromatic heterocycles. The van der Waals surface area contributed by atoms with Crippen molar-refractivity contribution in [3.63, 3.8) is 0 Å². The van der Waals surface area contributed by atoms with Gasteiger partial charge in [-0.05, 0) is 11.6 Å². The Bertz CT molecular complexity index is 567. The molecule has 0 saturated carbocycles. The maximum atomic E-state index is 11.7. The molecule has 1 fully saturated rings. The predicted octanol–water partition coefficient (Wildman–Crippen LogP) is -0.244. The molecule has 2 unspecified atom stereocenters. The van der Waals surface area contributed by atoms with Crippen LogP contribution in [0.3, 0.4) is 0 Å². The number of ether oxygens (including phenoxy) is 5. The number of hydrogen-bond acceptors (Lipinski definition) is 9. The molecule has 9 nitrogen and oxygen atoms in total. The standard InChI is InChI=1S/C12H11ClO9/c1-4(14)19-8-7(6-3-18-12(21-6)10(13)16)22-11(17)9(8)20-5(2)15/h6-7,12H,3H2,1-2H3/t6-,7?,12?/m0/s1. The summed E-state index contributed by atoms with van der Waals surface area (Å²) in [5.41, 5.74) is 0.